The van der Waals surface area contributed by atoms with Gasteiger partial charge < -0.3 is 14.8 Å². The maximum absolute atomic E-state index is 11.3. The summed E-state index contributed by atoms with van der Waals surface area (Å²) in [6.07, 6.45) is 0. The molecule has 1 aromatic carbocycles. The molecule has 0 spiro atoms. The molecule has 0 saturated heterocycles. The lowest BCUT2D eigenvalue weighted by Crippen LogP contribution is -2.21. The van der Waals surface area contributed by atoms with E-state index in [2.05, 4.69) is 5.32 Å². The highest BCUT2D eigenvalue weighted by Gasteiger charge is 2.16. The molecule has 6 heteroatoms. The van der Waals surface area contributed by atoms with Gasteiger partial charge in [0.25, 0.3) is 0 Å². The van der Waals surface area contributed by atoms with Gasteiger partial charge in [-0.2, -0.15) is 0 Å². The maximum Gasteiger partial charge on any atom is 0.179 e. The van der Waals surface area contributed by atoms with Crippen molar-refractivity contribution in [2.45, 2.75) is 13.5 Å². The van der Waals surface area contributed by atoms with Gasteiger partial charge in [0.15, 0.2) is 11.5 Å². The van der Waals surface area contributed by atoms with Crippen LogP contribution in [0.5, 0.6) is 11.5 Å². The van der Waals surface area contributed by atoms with Crippen molar-refractivity contribution >= 4 is 22.4 Å². The van der Waals surface area contributed by atoms with E-state index in [-0.39, 0.29) is 0 Å². The summed E-state index contributed by atoms with van der Waals surface area (Å²) in [7, 11) is -0.724. The number of rotatable bonds is 6. The van der Waals surface area contributed by atoms with E-state index in [1.807, 2.05) is 19.1 Å². The van der Waals surface area contributed by atoms with E-state index in [9.17, 15) is 4.21 Å². The number of halogens is 1. The minimum absolute atomic E-state index is 0.535. The lowest BCUT2D eigenvalue weighted by atomic mass is 10.2. The zero-order valence-electron chi connectivity index (χ0n) is 10.9. The van der Waals surface area contributed by atoms with Crippen LogP contribution in [0.2, 0.25) is 5.02 Å². The Kier molecular flexibility index (Phi) is 5.48. The lowest BCUT2D eigenvalue weighted by Gasteiger charge is -2.20. The zero-order chi connectivity index (χ0) is 13.7. The van der Waals surface area contributed by atoms with E-state index < -0.39 is 10.8 Å². The molecule has 1 N–H and O–H groups in total. The maximum atomic E-state index is 11.3. The summed E-state index contributed by atoms with van der Waals surface area (Å²) >= 11 is 6.15. The molecule has 19 heavy (non-hydrogen) atoms. The fourth-order valence-corrected chi connectivity index (χ4v) is 2.78. The Morgan fingerprint density at radius 1 is 1.37 bits per heavy atom. The van der Waals surface area contributed by atoms with Gasteiger partial charge in [-0.3, -0.25) is 4.21 Å². The molecule has 0 radical (unpaired) electrons. The summed E-state index contributed by atoms with van der Waals surface area (Å²) < 4.78 is 22.3. The number of nitrogens with one attached hydrogen (secondary N) is 1. The first-order chi connectivity index (χ1) is 9.20. The van der Waals surface area contributed by atoms with Crippen LogP contribution in [0.1, 0.15) is 12.5 Å². The van der Waals surface area contributed by atoms with Gasteiger partial charge >= 0.3 is 0 Å². The van der Waals surface area contributed by atoms with Crippen LogP contribution < -0.4 is 14.8 Å². The third kappa shape index (κ3) is 4.09. The van der Waals surface area contributed by atoms with Gasteiger partial charge in [-0.1, -0.05) is 18.5 Å². The first kappa shape index (κ1) is 14.6. The molecule has 1 aliphatic heterocycles. The van der Waals surface area contributed by atoms with E-state index in [1.54, 1.807) is 0 Å². The van der Waals surface area contributed by atoms with Crippen molar-refractivity contribution in [2.24, 2.45) is 0 Å². The number of ether oxygens (including phenoxy) is 2. The van der Waals surface area contributed by atoms with Crippen molar-refractivity contribution in [1.82, 2.24) is 5.32 Å². The van der Waals surface area contributed by atoms with Crippen molar-refractivity contribution in [3.8, 4) is 11.5 Å². The van der Waals surface area contributed by atoms with Gasteiger partial charge in [-0.15, -0.1) is 0 Å². The lowest BCUT2D eigenvalue weighted by molar-refractivity contribution is 0.171. The average molecular weight is 304 g/mol. The molecule has 0 amide bonds. The van der Waals surface area contributed by atoms with Crippen molar-refractivity contribution in [3.63, 3.8) is 0 Å². The van der Waals surface area contributed by atoms with Crippen LogP contribution in [0.15, 0.2) is 12.1 Å². The van der Waals surface area contributed by atoms with Crippen molar-refractivity contribution < 1.29 is 13.7 Å². The number of benzene rings is 1. The quantitative estimate of drug-likeness (QED) is 0.816. The molecule has 0 aromatic heterocycles. The Balaban J connectivity index is 1.90. The second-order valence-electron chi connectivity index (χ2n) is 4.21. The van der Waals surface area contributed by atoms with Crippen LogP contribution in [0.3, 0.4) is 0 Å². The first-order valence-corrected chi connectivity index (χ1v) is 8.21. The van der Waals surface area contributed by atoms with Crippen LogP contribution in [0.4, 0.5) is 0 Å². The summed E-state index contributed by atoms with van der Waals surface area (Å²) in [5.41, 5.74) is 1.04. The molecule has 106 valence electrons. The van der Waals surface area contributed by atoms with E-state index >= 15 is 0 Å². The molecular formula is C13H18ClNO3S. The Hall–Kier alpha value is -0.780. The average Bonchev–Trinajstić information content (AvgIpc) is 2.43. The second kappa shape index (κ2) is 7.12. The zero-order valence-corrected chi connectivity index (χ0v) is 12.5. The number of hydrogen-bond acceptors (Lipinski definition) is 4. The van der Waals surface area contributed by atoms with E-state index in [4.69, 9.17) is 21.1 Å². The molecule has 0 fully saturated rings. The Morgan fingerprint density at radius 3 is 2.95 bits per heavy atom. The van der Waals surface area contributed by atoms with Crippen molar-refractivity contribution in [3.05, 3.63) is 22.7 Å². The van der Waals surface area contributed by atoms with Gasteiger partial charge in [0.2, 0.25) is 0 Å². The van der Waals surface area contributed by atoms with Gasteiger partial charge in [0.1, 0.15) is 13.2 Å². The van der Waals surface area contributed by atoms with Gasteiger partial charge in [-0.05, 0) is 17.7 Å². The van der Waals surface area contributed by atoms with Crippen LogP contribution in [0.25, 0.3) is 0 Å². The van der Waals surface area contributed by atoms with Crippen LogP contribution in [-0.4, -0.2) is 35.5 Å². The third-order valence-corrected chi connectivity index (χ3v) is 4.40. The van der Waals surface area contributed by atoms with Crippen LogP contribution in [0, 0.1) is 0 Å². The smallest absolute Gasteiger partial charge is 0.179 e. The van der Waals surface area contributed by atoms with Gasteiger partial charge in [0, 0.05) is 35.4 Å². The molecule has 0 aliphatic carbocycles. The summed E-state index contributed by atoms with van der Waals surface area (Å²) in [6, 6.07) is 3.81. The third-order valence-electron chi connectivity index (χ3n) is 2.81. The van der Waals surface area contributed by atoms with E-state index in [0.717, 1.165) is 12.1 Å². The molecular weight excluding hydrogens is 286 g/mol. The number of hydrogen-bond donors (Lipinski definition) is 1. The predicted octanol–water partition coefficient (Wildman–Crippen LogP) is 1.97. The molecule has 1 unspecified atom stereocenters. The molecule has 1 aliphatic rings. The Labute approximate surface area is 120 Å². The minimum atomic E-state index is -0.724. The fraction of sp³-hybridized carbons (Fsp3) is 0.538. The van der Waals surface area contributed by atoms with Gasteiger partial charge in [-0.25, -0.2) is 0 Å². The van der Waals surface area contributed by atoms with Crippen molar-refractivity contribution in [1.29, 1.82) is 0 Å². The molecule has 1 atom stereocenters. The summed E-state index contributed by atoms with van der Waals surface area (Å²) in [6.45, 7) is 4.42. The van der Waals surface area contributed by atoms with Gasteiger partial charge in [0.05, 0.1) is 5.02 Å². The molecule has 2 rings (SSSR count). The molecule has 0 bridgehead atoms. The monoisotopic (exact) mass is 303 g/mol. The molecule has 1 heterocycles. The fourth-order valence-electron chi connectivity index (χ4n) is 1.83. The molecule has 1 aromatic rings. The Bertz CT molecular complexity index is 467. The Morgan fingerprint density at radius 2 is 2.16 bits per heavy atom. The minimum Gasteiger partial charge on any atom is -0.486 e. The topological polar surface area (TPSA) is 47.6 Å². The SMILES string of the molecule is CCS(=O)CCNCc1cc(Cl)c2c(c1)OCCO2. The summed E-state index contributed by atoms with van der Waals surface area (Å²) in [4.78, 5) is 0. The molecule has 0 saturated carbocycles. The number of fused-ring (bicyclic) bond motifs is 1. The van der Waals surface area contributed by atoms with Crippen LogP contribution >= 0.6 is 11.6 Å². The first-order valence-electron chi connectivity index (χ1n) is 6.34. The summed E-state index contributed by atoms with van der Waals surface area (Å²) in [5.74, 6) is 2.71. The normalized spacial score (nSPS) is 15.3. The highest BCUT2D eigenvalue weighted by molar-refractivity contribution is 7.84. The predicted molar refractivity (Wildman–Crippen MR) is 77.7 cm³/mol. The van der Waals surface area contributed by atoms with E-state index in [1.165, 1.54) is 0 Å². The van der Waals surface area contributed by atoms with Crippen LogP contribution in [-0.2, 0) is 17.3 Å². The molecule has 4 nitrogen and oxygen atoms in total. The van der Waals surface area contributed by atoms with E-state index in [0.29, 0.717) is 47.8 Å². The second-order valence-corrected chi connectivity index (χ2v) is 6.48. The summed E-state index contributed by atoms with van der Waals surface area (Å²) in [5, 5.41) is 3.83. The highest BCUT2D eigenvalue weighted by atomic mass is 35.5. The highest BCUT2D eigenvalue weighted by Crippen LogP contribution is 2.38. The largest absolute Gasteiger partial charge is 0.486 e. The standard InChI is InChI=1S/C13H18ClNO3S/c1-2-19(16)6-3-15-9-10-7-11(14)13-12(8-10)17-4-5-18-13/h7-8,15H,2-6,9H2,1H3. The van der Waals surface area contributed by atoms with Crippen molar-refractivity contribution in [2.75, 3.05) is 31.3 Å².